The van der Waals surface area contributed by atoms with Crippen LogP contribution in [0.15, 0.2) is 180 Å². The normalized spacial score (nSPS) is 12.2. The maximum absolute atomic E-state index is 6.43. The minimum absolute atomic E-state index is 0.903. The van der Waals surface area contributed by atoms with Crippen LogP contribution in [0.25, 0.3) is 99.2 Å². The first-order valence-electron chi connectivity index (χ1n) is 17.9. The van der Waals surface area contributed by atoms with Crippen LogP contribution in [0.3, 0.4) is 0 Å². The van der Waals surface area contributed by atoms with Crippen LogP contribution in [0.5, 0.6) is 0 Å². The van der Waals surface area contributed by atoms with Gasteiger partial charge in [0.05, 0.1) is 5.52 Å². The molecule has 242 valence electrons. The number of hydrogen-bond donors (Lipinski definition) is 0. The summed E-state index contributed by atoms with van der Waals surface area (Å²) in [7, 11) is 0. The van der Waals surface area contributed by atoms with E-state index in [1.807, 2.05) is 12.3 Å². The molecule has 2 heterocycles. The molecule has 2 aromatic heterocycles. The van der Waals surface area contributed by atoms with Gasteiger partial charge >= 0.3 is 0 Å². The third kappa shape index (κ3) is 4.55. The van der Waals surface area contributed by atoms with Crippen LogP contribution in [0.2, 0.25) is 0 Å². The fraction of sp³-hybridized carbons (Fsp3) is 0.0200. The van der Waals surface area contributed by atoms with Crippen molar-refractivity contribution in [1.29, 1.82) is 0 Å². The molecule has 2 nitrogen and oxygen atoms in total. The van der Waals surface area contributed by atoms with Crippen molar-refractivity contribution in [3.05, 3.63) is 187 Å². The van der Waals surface area contributed by atoms with Crippen LogP contribution in [0.4, 0.5) is 0 Å². The number of benzene rings is 8. The molecular formula is C50H31NO. The lowest BCUT2D eigenvalue weighted by atomic mass is 9.92. The topological polar surface area (TPSA) is 26.0 Å². The first kappa shape index (κ1) is 29.0. The third-order valence-electron chi connectivity index (χ3n) is 10.9. The molecule has 2 heteroatoms. The molecule has 10 aromatic rings. The van der Waals surface area contributed by atoms with Gasteiger partial charge in [-0.15, -0.1) is 0 Å². The highest BCUT2D eigenvalue weighted by Crippen LogP contribution is 2.44. The molecule has 0 bridgehead atoms. The summed E-state index contributed by atoms with van der Waals surface area (Å²) in [5.74, 6) is 0. The maximum atomic E-state index is 6.43. The third-order valence-corrected chi connectivity index (χ3v) is 10.9. The number of hydrogen-bond acceptors (Lipinski definition) is 2. The highest BCUT2D eigenvalue weighted by atomic mass is 16.3. The van der Waals surface area contributed by atoms with Crippen molar-refractivity contribution in [1.82, 2.24) is 4.98 Å². The molecule has 0 saturated heterocycles. The molecule has 0 unspecified atom stereocenters. The molecular weight excluding hydrogens is 631 g/mol. The van der Waals surface area contributed by atoms with E-state index in [1.54, 1.807) is 0 Å². The SMILES string of the molecule is c1ccc(-c2ccc(-c3cccc4oc5ccc(-c6ccc7c(c6)-c6cc(-c8cccc9ccc%10cccnc%10c89)ccc6C7)cc5c34)cc2)cc1. The summed E-state index contributed by atoms with van der Waals surface area (Å²) < 4.78 is 6.43. The Morgan fingerprint density at radius 3 is 1.87 bits per heavy atom. The number of rotatable bonds is 4. The van der Waals surface area contributed by atoms with Crippen LogP contribution in [-0.4, -0.2) is 4.98 Å². The number of fused-ring (bicyclic) bond motifs is 9. The highest BCUT2D eigenvalue weighted by molar-refractivity contribution is 6.14. The second-order valence-electron chi connectivity index (χ2n) is 13.9. The van der Waals surface area contributed by atoms with Crippen LogP contribution in [0.1, 0.15) is 11.1 Å². The fourth-order valence-corrected chi connectivity index (χ4v) is 8.39. The monoisotopic (exact) mass is 661 g/mol. The van der Waals surface area contributed by atoms with E-state index in [4.69, 9.17) is 9.40 Å². The van der Waals surface area contributed by atoms with Crippen molar-refractivity contribution in [2.75, 3.05) is 0 Å². The zero-order valence-corrected chi connectivity index (χ0v) is 28.3. The van der Waals surface area contributed by atoms with Gasteiger partial charge in [0, 0.05) is 27.7 Å². The Morgan fingerprint density at radius 1 is 0.385 bits per heavy atom. The quantitative estimate of drug-likeness (QED) is 0.175. The Hall–Kier alpha value is -6.77. The van der Waals surface area contributed by atoms with Gasteiger partial charge in [-0.1, -0.05) is 133 Å². The number of nitrogens with zero attached hydrogens (tertiary/aromatic N) is 1. The predicted molar refractivity (Wildman–Crippen MR) is 217 cm³/mol. The molecule has 1 aliphatic carbocycles. The van der Waals surface area contributed by atoms with Gasteiger partial charge in [-0.3, -0.25) is 4.98 Å². The summed E-state index contributed by atoms with van der Waals surface area (Å²) in [5, 5.41) is 5.87. The Kier molecular flexibility index (Phi) is 6.35. The molecule has 8 aromatic carbocycles. The number of pyridine rings is 1. The number of furan rings is 1. The van der Waals surface area contributed by atoms with E-state index in [0.29, 0.717) is 0 Å². The zero-order valence-electron chi connectivity index (χ0n) is 28.3. The van der Waals surface area contributed by atoms with Gasteiger partial charge in [-0.2, -0.15) is 0 Å². The van der Waals surface area contributed by atoms with E-state index >= 15 is 0 Å². The van der Waals surface area contributed by atoms with Crippen molar-refractivity contribution < 1.29 is 4.42 Å². The molecule has 11 rings (SSSR count). The van der Waals surface area contributed by atoms with Crippen LogP contribution in [-0.2, 0) is 6.42 Å². The van der Waals surface area contributed by atoms with Crippen LogP contribution < -0.4 is 0 Å². The molecule has 0 fully saturated rings. The zero-order chi connectivity index (χ0) is 34.2. The van der Waals surface area contributed by atoms with E-state index in [0.717, 1.165) is 39.3 Å². The maximum Gasteiger partial charge on any atom is 0.136 e. The molecule has 0 saturated carbocycles. The van der Waals surface area contributed by atoms with Gasteiger partial charge < -0.3 is 4.42 Å². The second kappa shape index (κ2) is 11.4. The Labute approximate surface area is 301 Å². The summed E-state index contributed by atoms with van der Waals surface area (Å²) >= 11 is 0. The standard InChI is InChI=1S/C50H31NO/c1-2-7-31(8-3-1)32-14-16-33(17-15-32)41-12-5-13-47-49(41)45-29-37(24-25-46(45)52-47)36-20-21-38-27-39-22-23-40(30-44(39)43(38)28-36)42-11-4-9-34-18-19-35-10-6-26-51-50(35)48(34)42/h1-26,28-30H,27H2. The average molecular weight is 662 g/mol. The summed E-state index contributed by atoms with van der Waals surface area (Å²) in [4.78, 5) is 4.82. The van der Waals surface area contributed by atoms with Crippen molar-refractivity contribution in [2.45, 2.75) is 6.42 Å². The molecule has 0 N–H and O–H groups in total. The lowest BCUT2D eigenvalue weighted by Crippen LogP contribution is -1.88. The van der Waals surface area contributed by atoms with Gasteiger partial charge in [0.25, 0.3) is 0 Å². The van der Waals surface area contributed by atoms with Gasteiger partial charge in [0.15, 0.2) is 0 Å². The van der Waals surface area contributed by atoms with E-state index in [2.05, 4.69) is 164 Å². The average Bonchev–Trinajstić information content (AvgIpc) is 3.78. The molecule has 0 atom stereocenters. The summed E-state index contributed by atoms with van der Waals surface area (Å²) in [6.07, 6.45) is 2.84. The molecule has 0 amide bonds. The lowest BCUT2D eigenvalue weighted by Gasteiger charge is -2.12. The van der Waals surface area contributed by atoms with Crippen molar-refractivity contribution in [2.24, 2.45) is 0 Å². The fourth-order valence-electron chi connectivity index (χ4n) is 8.39. The summed E-state index contributed by atoms with van der Waals surface area (Å²) in [6, 6.07) is 61.5. The largest absolute Gasteiger partial charge is 0.456 e. The van der Waals surface area contributed by atoms with Gasteiger partial charge in [0.2, 0.25) is 0 Å². The lowest BCUT2D eigenvalue weighted by molar-refractivity contribution is 0.669. The van der Waals surface area contributed by atoms with Crippen molar-refractivity contribution in [3.8, 4) is 55.6 Å². The Balaban J connectivity index is 1.01. The summed E-state index contributed by atoms with van der Waals surface area (Å²) in [6.45, 7) is 0. The summed E-state index contributed by atoms with van der Waals surface area (Å²) in [5.41, 5.74) is 17.9. The van der Waals surface area contributed by atoms with Gasteiger partial charge in [-0.25, -0.2) is 0 Å². The Bertz CT molecular complexity index is 3020. The first-order chi connectivity index (χ1) is 25.7. The predicted octanol–water partition coefficient (Wildman–Crippen LogP) is 13.5. The molecule has 1 aliphatic rings. The second-order valence-corrected chi connectivity index (χ2v) is 13.9. The van der Waals surface area contributed by atoms with Crippen molar-refractivity contribution in [3.63, 3.8) is 0 Å². The first-order valence-corrected chi connectivity index (χ1v) is 17.9. The minimum atomic E-state index is 0.903. The van der Waals surface area contributed by atoms with E-state index in [9.17, 15) is 0 Å². The smallest absolute Gasteiger partial charge is 0.136 e. The van der Waals surface area contributed by atoms with E-state index < -0.39 is 0 Å². The number of aromatic nitrogens is 1. The molecule has 0 aliphatic heterocycles. The van der Waals surface area contributed by atoms with Gasteiger partial charge in [-0.05, 0) is 115 Å². The van der Waals surface area contributed by atoms with Crippen molar-refractivity contribution >= 4 is 43.6 Å². The molecule has 0 spiro atoms. The molecule has 52 heavy (non-hydrogen) atoms. The highest BCUT2D eigenvalue weighted by Gasteiger charge is 2.21. The van der Waals surface area contributed by atoms with Crippen LogP contribution >= 0.6 is 0 Å². The molecule has 0 radical (unpaired) electrons. The van der Waals surface area contributed by atoms with E-state index in [1.165, 1.54) is 77.5 Å². The Morgan fingerprint density at radius 2 is 1.02 bits per heavy atom. The van der Waals surface area contributed by atoms with E-state index in [-0.39, 0.29) is 0 Å². The van der Waals surface area contributed by atoms with Crippen LogP contribution in [0, 0.1) is 0 Å². The minimum Gasteiger partial charge on any atom is -0.456 e. The van der Waals surface area contributed by atoms with Gasteiger partial charge in [0.1, 0.15) is 11.2 Å².